The number of hydrogen-bond donors (Lipinski definition) is 3. The fraction of sp³-hybridized carbons (Fsp3) is 0.429. The molecule has 0 spiro atoms. The van der Waals surface area contributed by atoms with E-state index in [2.05, 4.69) is 0 Å². The van der Waals surface area contributed by atoms with E-state index >= 15 is 0 Å². The van der Waals surface area contributed by atoms with Gasteiger partial charge in [-0.15, -0.1) is 0 Å². The lowest BCUT2D eigenvalue weighted by Gasteiger charge is -2.39. The van der Waals surface area contributed by atoms with Crippen molar-refractivity contribution in [2.45, 2.75) is 82.6 Å². The van der Waals surface area contributed by atoms with Gasteiger partial charge < -0.3 is 39.0 Å². The van der Waals surface area contributed by atoms with Crippen LogP contribution in [0.3, 0.4) is 0 Å². The molecule has 0 aromatic heterocycles. The smallest absolute Gasteiger partial charge is 0.309 e. The molecule has 3 N–H and O–H groups in total. The first-order valence-corrected chi connectivity index (χ1v) is 15.9. The highest BCUT2D eigenvalue weighted by Gasteiger charge is 2.64. The minimum Gasteiger partial charge on any atom is -0.507 e. The zero-order chi connectivity index (χ0) is 35.0. The Balaban J connectivity index is 1.35. The fourth-order valence-electron chi connectivity index (χ4n) is 8.86. The maximum atomic E-state index is 14.7. The second kappa shape index (κ2) is 10.2. The quantitative estimate of drug-likeness (QED) is 0.243. The summed E-state index contributed by atoms with van der Waals surface area (Å²) in [4.78, 5) is 80.6. The van der Waals surface area contributed by atoms with E-state index in [0.29, 0.717) is 5.56 Å². The molecule has 0 radical (unpaired) electrons. The van der Waals surface area contributed by atoms with Crippen molar-refractivity contribution in [1.82, 2.24) is 0 Å². The topological polar surface area (TPSA) is 209 Å². The molecule has 3 aliphatic carbocycles. The van der Waals surface area contributed by atoms with Crippen LogP contribution in [0.2, 0.25) is 0 Å². The number of esters is 3. The summed E-state index contributed by atoms with van der Waals surface area (Å²) in [5.74, 6) is -7.87. The van der Waals surface area contributed by atoms with Crippen LogP contribution in [0.4, 0.5) is 0 Å². The van der Waals surface area contributed by atoms with Gasteiger partial charge in [0.2, 0.25) is 0 Å². The molecule has 6 aliphatic rings. The van der Waals surface area contributed by atoms with Crippen LogP contribution < -0.4 is 0 Å². The predicted molar refractivity (Wildman–Crippen MR) is 160 cm³/mol. The van der Waals surface area contributed by atoms with Crippen molar-refractivity contribution in [3.05, 3.63) is 61.7 Å². The van der Waals surface area contributed by atoms with Gasteiger partial charge in [-0.3, -0.25) is 28.8 Å². The van der Waals surface area contributed by atoms with Gasteiger partial charge in [-0.1, -0.05) is 0 Å². The Labute approximate surface area is 277 Å². The number of benzene rings is 2. The van der Waals surface area contributed by atoms with Gasteiger partial charge >= 0.3 is 17.9 Å². The number of rotatable bonds is 3. The van der Waals surface area contributed by atoms with E-state index < -0.39 is 106 Å². The average molecular weight is 675 g/mol. The Morgan fingerprint density at radius 2 is 1.55 bits per heavy atom. The molecule has 14 heteroatoms. The Morgan fingerprint density at radius 3 is 2.24 bits per heavy atom. The number of carbonyl (C=O) groups excluding carboxylic acids is 6. The summed E-state index contributed by atoms with van der Waals surface area (Å²) in [6.07, 6.45) is -4.86. The molecule has 7 atom stereocenters. The Kier molecular flexibility index (Phi) is 6.51. The number of ether oxygens (including phenoxy) is 5. The number of hydrogen-bond acceptors (Lipinski definition) is 14. The third-order valence-corrected chi connectivity index (χ3v) is 10.6. The molecule has 1 saturated heterocycles. The Hall–Kier alpha value is -5.08. The normalized spacial score (nSPS) is 30.4. The summed E-state index contributed by atoms with van der Waals surface area (Å²) < 4.78 is 28.0. The molecule has 254 valence electrons. The molecular formula is C35H30O14. The highest BCUT2D eigenvalue weighted by molar-refractivity contribution is 6.33. The molecule has 1 fully saturated rings. The van der Waals surface area contributed by atoms with Gasteiger partial charge in [-0.2, -0.15) is 0 Å². The highest BCUT2D eigenvalue weighted by atomic mass is 16.6. The molecule has 2 unspecified atom stereocenters. The largest absolute Gasteiger partial charge is 0.507 e. The maximum Gasteiger partial charge on any atom is 0.309 e. The van der Waals surface area contributed by atoms with Crippen LogP contribution in [0, 0.1) is 5.92 Å². The lowest BCUT2D eigenvalue weighted by molar-refractivity contribution is -0.155. The maximum absolute atomic E-state index is 14.7. The molecule has 3 aliphatic heterocycles. The van der Waals surface area contributed by atoms with Gasteiger partial charge in [-0.05, 0) is 31.9 Å². The number of carbonyl (C=O) groups is 6. The van der Waals surface area contributed by atoms with E-state index in [1.165, 1.54) is 13.2 Å². The summed E-state index contributed by atoms with van der Waals surface area (Å²) in [6.45, 7) is 4.28. The number of allylic oxidation sites excluding steroid dienone is 1. The van der Waals surface area contributed by atoms with Crippen LogP contribution in [0.1, 0.15) is 117 Å². The van der Waals surface area contributed by atoms with Crippen LogP contribution in [0.15, 0.2) is 17.2 Å². The third-order valence-electron chi connectivity index (χ3n) is 10.6. The van der Waals surface area contributed by atoms with Crippen LogP contribution >= 0.6 is 0 Å². The van der Waals surface area contributed by atoms with E-state index in [0.717, 1.165) is 6.92 Å². The van der Waals surface area contributed by atoms with E-state index in [1.807, 2.05) is 0 Å². The number of phenols is 3. The first kappa shape index (κ1) is 31.2. The zero-order valence-electron chi connectivity index (χ0n) is 26.7. The van der Waals surface area contributed by atoms with Gasteiger partial charge in [0.05, 0.1) is 66.4 Å². The van der Waals surface area contributed by atoms with Crippen molar-refractivity contribution >= 4 is 35.3 Å². The van der Waals surface area contributed by atoms with E-state index in [1.54, 1.807) is 13.8 Å². The number of Topliss-reactive ketones (excluding diaryl/α,β-unsaturated/α-hetero) is 3. The lowest BCUT2D eigenvalue weighted by Crippen LogP contribution is -2.41. The molecule has 0 saturated carbocycles. The zero-order valence-corrected chi connectivity index (χ0v) is 26.7. The second-order valence-corrected chi connectivity index (χ2v) is 13.3. The molecular weight excluding hydrogens is 644 g/mol. The van der Waals surface area contributed by atoms with E-state index in [4.69, 9.17) is 23.7 Å². The monoisotopic (exact) mass is 674 g/mol. The van der Waals surface area contributed by atoms with Gasteiger partial charge in [-0.25, -0.2) is 0 Å². The number of ketones is 3. The molecule has 0 amide bonds. The first-order chi connectivity index (χ1) is 23.2. The number of aromatic hydroxyl groups is 3. The van der Waals surface area contributed by atoms with E-state index in [9.17, 15) is 44.1 Å². The second-order valence-electron chi connectivity index (χ2n) is 13.3. The summed E-state index contributed by atoms with van der Waals surface area (Å²) in [6, 6.07) is 1.53. The molecule has 14 nitrogen and oxygen atoms in total. The summed E-state index contributed by atoms with van der Waals surface area (Å²) in [5, 5.41) is 35.0. The SMILES string of the molecule is COC(=O)C[C@H]1Cc2cc3c(c(O)c2[C@H](C)O1)C(=O)C1CC3(OC(C)=O)C2=C1C(=O)c1c(O)c3c(c(O)c1C2=O)[C@H](C)O[C@H]1CC(=O)O[C@@H]31. The van der Waals surface area contributed by atoms with Crippen LogP contribution in [0.5, 0.6) is 17.2 Å². The van der Waals surface area contributed by atoms with Crippen molar-refractivity contribution in [2.24, 2.45) is 5.92 Å². The molecule has 2 bridgehead atoms. The van der Waals surface area contributed by atoms with Crippen LogP contribution in [-0.2, 0) is 50.1 Å². The first-order valence-electron chi connectivity index (χ1n) is 15.9. The minimum atomic E-state index is -2.04. The van der Waals surface area contributed by atoms with Crippen molar-refractivity contribution in [2.75, 3.05) is 7.11 Å². The molecule has 8 rings (SSSR count). The van der Waals surface area contributed by atoms with Crippen molar-refractivity contribution in [3.8, 4) is 17.2 Å². The predicted octanol–water partition coefficient (Wildman–Crippen LogP) is 3.17. The minimum absolute atomic E-state index is 0.0280. The Bertz CT molecular complexity index is 2040. The molecule has 2 aromatic carbocycles. The molecule has 49 heavy (non-hydrogen) atoms. The molecule has 3 heterocycles. The Morgan fingerprint density at radius 1 is 0.898 bits per heavy atom. The number of fused-ring (bicyclic) bond motifs is 11. The molecule has 2 aromatic rings. The number of phenolic OH excluding ortho intramolecular Hbond substituents is 3. The standard InChI is InChI=1S/C35H30O14/c1-10-20-13(5-14(46-10)7-18(37)45-4)6-16-23(29(20)40)28(39)15-9-35(16,49-12(3)36)27-22(15)31(42)24-25(33(27)44)30(41)21-11(2)47-17-8-19(38)48-34(17)26(21)32(24)43/h6,10-11,14-15,17,34,40-41,43H,5,7-9H2,1-4H3/t10-,11-,14+,15?,17-,34+,35?/m0/s1. The van der Waals surface area contributed by atoms with Gasteiger partial charge in [0.25, 0.3) is 0 Å². The summed E-state index contributed by atoms with van der Waals surface area (Å²) in [5.41, 5.74) is -3.56. The summed E-state index contributed by atoms with van der Waals surface area (Å²) in [7, 11) is 1.24. The van der Waals surface area contributed by atoms with Gasteiger partial charge in [0, 0.05) is 41.2 Å². The average Bonchev–Trinajstić information content (AvgIpc) is 3.55. The highest BCUT2D eigenvalue weighted by Crippen LogP contribution is 2.63. The van der Waals surface area contributed by atoms with Crippen LogP contribution in [0.25, 0.3) is 0 Å². The lowest BCUT2D eigenvalue weighted by atomic mass is 9.71. The van der Waals surface area contributed by atoms with Crippen molar-refractivity contribution in [3.63, 3.8) is 0 Å². The third kappa shape index (κ3) is 3.95. The van der Waals surface area contributed by atoms with Crippen molar-refractivity contribution in [1.29, 1.82) is 0 Å². The van der Waals surface area contributed by atoms with Crippen molar-refractivity contribution < 1.29 is 67.8 Å². The van der Waals surface area contributed by atoms with E-state index in [-0.39, 0.29) is 64.6 Å². The number of methoxy groups -OCH3 is 1. The van der Waals surface area contributed by atoms with Crippen LogP contribution in [-0.4, -0.2) is 69.9 Å². The fourth-order valence-corrected chi connectivity index (χ4v) is 8.86. The van der Waals surface area contributed by atoms with Gasteiger partial charge in [0.15, 0.2) is 29.1 Å². The van der Waals surface area contributed by atoms with Gasteiger partial charge in [0.1, 0.15) is 23.4 Å². The summed E-state index contributed by atoms with van der Waals surface area (Å²) >= 11 is 0.